The second kappa shape index (κ2) is 8.71. The highest BCUT2D eigenvalue weighted by molar-refractivity contribution is 5.85. The van der Waals surface area contributed by atoms with Gasteiger partial charge in [0.1, 0.15) is 5.69 Å². The van der Waals surface area contributed by atoms with Crippen LogP contribution in [0.25, 0.3) is 0 Å². The number of hydrogen-bond donors (Lipinski definition) is 2. The zero-order valence-electron chi connectivity index (χ0n) is 15.0. The van der Waals surface area contributed by atoms with Crippen LogP contribution in [0.4, 0.5) is 23.0 Å². The molecule has 0 unspecified atom stereocenters. The fraction of sp³-hybridized carbons (Fsp3) is 0.200. The Morgan fingerprint density at radius 3 is 2.31 bits per heavy atom. The lowest BCUT2D eigenvalue weighted by Gasteiger charge is -2.08. The minimum Gasteiger partial charge on any atom is -0.358 e. The molecule has 0 spiro atoms. The number of anilines is 2. The van der Waals surface area contributed by atoms with Gasteiger partial charge in [0.25, 0.3) is 0 Å². The molecule has 6 heteroatoms. The molecule has 0 fully saturated rings. The first kappa shape index (κ1) is 17.5. The molecule has 2 aromatic rings. The second-order valence-corrected chi connectivity index (χ2v) is 5.70. The number of rotatable bonds is 2. The van der Waals surface area contributed by atoms with Gasteiger partial charge in [-0.15, -0.1) is 0 Å². The number of nitrogens with zero attached hydrogens (tertiary/aromatic N) is 4. The molecule has 1 aliphatic rings. The molecule has 0 atom stereocenters. The number of fused-ring (bicyclic) bond motifs is 2. The Morgan fingerprint density at radius 2 is 1.50 bits per heavy atom. The van der Waals surface area contributed by atoms with Crippen molar-refractivity contribution in [2.45, 2.75) is 26.7 Å². The average Bonchev–Trinajstić information content (AvgIpc) is 2.69. The SMILES string of the molecule is CC/C1=C\Nc2cccnc2/N=C/C(CC)=C/Nc2ncccc2N=C1. The van der Waals surface area contributed by atoms with Gasteiger partial charge in [0, 0.05) is 37.2 Å². The van der Waals surface area contributed by atoms with Crippen LogP contribution >= 0.6 is 0 Å². The summed E-state index contributed by atoms with van der Waals surface area (Å²) in [5.74, 6) is 1.35. The number of aromatic nitrogens is 2. The molecule has 0 bridgehead atoms. The lowest BCUT2D eigenvalue weighted by Crippen LogP contribution is -1.98. The fourth-order valence-corrected chi connectivity index (χ4v) is 2.31. The molecule has 3 rings (SSSR count). The Kier molecular flexibility index (Phi) is 5.88. The fourth-order valence-electron chi connectivity index (χ4n) is 2.31. The average molecular weight is 346 g/mol. The van der Waals surface area contributed by atoms with E-state index in [9.17, 15) is 0 Å². The summed E-state index contributed by atoms with van der Waals surface area (Å²) in [5, 5.41) is 6.54. The lowest BCUT2D eigenvalue weighted by atomic mass is 10.2. The van der Waals surface area contributed by atoms with Crippen LogP contribution in [0.1, 0.15) is 26.7 Å². The number of allylic oxidation sites excluding steroid dienone is 2. The zero-order valence-corrected chi connectivity index (χ0v) is 15.0. The summed E-state index contributed by atoms with van der Waals surface area (Å²) in [6, 6.07) is 7.66. The Labute approximate surface area is 153 Å². The molecule has 2 N–H and O–H groups in total. The van der Waals surface area contributed by atoms with Gasteiger partial charge in [-0.2, -0.15) is 0 Å². The van der Waals surface area contributed by atoms with Gasteiger partial charge in [0.15, 0.2) is 11.6 Å². The van der Waals surface area contributed by atoms with Gasteiger partial charge in [-0.3, -0.25) is 4.99 Å². The van der Waals surface area contributed by atoms with Crippen LogP contribution in [0, 0.1) is 0 Å². The first-order valence-corrected chi connectivity index (χ1v) is 8.69. The standard InChI is InChI=1S/C20H22N6/c1-3-15-11-23-17-7-5-9-21-19(17)25-13-16(4-2)14-26-20-18(24-12-15)8-6-10-22-20/h5-14,23H,3-4H2,1-2H3,(H,22,26)/b15-11+,16-14+,24-12?,25-13+. The molecule has 0 saturated heterocycles. The van der Waals surface area contributed by atoms with Gasteiger partial charge >= 0.3 is 0 Å². The van der Waals surface area contributed by atoms with Gasteiger partial charge < -0.3 is 10.6 Å². The number of aliphatic imine (C=N–C) groups is 2. The van der Waals surface area contributed by atoms with E-state index >= 15 is 0 Å². The molecule has 3 heterocycles. The molecule has 132 valence electrons. The van der Waals surface area contributed by atoms with Gasteiger partial charge in [-0.1, -0.05) is 13.8 Å². The predicted molar refractivity (Wildman–Crippen MR) is 109 cm³/mol. The van der Waals surface area contributed by atoms with E-state index in [4.69, 9.17) is 0 Å². The van der Waals surface area contributed by atoms with Crippen LogP contribution in [-0.2, 0) is 0 Å². The third kappa shape index (κ3) is 4.42. The maximum absolute atomic E-state index is 4.60. The Morgan fingerprint density at radius 1 is 0.808 bits per heavy atom. The Hall–Kier alpha value is -3.28. The Balaban J connectivity index is 2.06. The summed E-state index contributed by atoms with van der Waals surface area (Å²) in [5.41, 5.74) is 3.73. The van der Waals surface area contributed by atoms with Crippen LogP contribution in [0.15, 0.2) is 70.2 Å². The van der Waals surface area contributed by atoms with Crippen LogP contribution in [-0.4, -0.2) is 22.4 Å². The summed E-state index contributed by atoms with van der Waals surface area (Å²) in [7, 11) is 0. The van der Waals surface area contributed by atoms with E-state index in [1.54, 1.807) is 12.4 Å². The maximum atomic E-state index is 4.60. The second-order valence-electron chi connectivity index (χ2n) is 5.70. The molecule has 6 nitrogen and oxygen atoms in total. The summed E-state index contributed by atoms with van der Waals surface area (Å²) in [6.45, 7) is 4.16. The number of nitrogens with one attached hydrogen (secondary N) is 2. The maximum Gasteiger partial charge on any atom is 0.175 e. The van der Waals surface area contributed by atoms with Crippen molar-refractivity contribution in [2.24, 2.45) is 9.98 Å². The number of pyridine rings is 2. The van der Waals surface area contributed by atoms with Crippen molar-refractivity contribution in [3.63, 3.8) is 0 Å². The molecular formula is C20H22N6. The summed E-state index contributed by atoms with van der Waals surface area (Å²) in [6.07, 6.45) is 12.7. The van der Waals surface area contributed by atoms with E-state index in [1.165, 1.54) is 0 Å². The quantitative estimate of drug-likeness (QED) is 0.802. The van der Waals surface area contributed by atoms with Crippen molar-refractivity contribution < 1.29 is 0 Å². The van der Waals surface area contributed by atoms with Gasteiger partial charge in [0.2, 0.25) is 0 Å². The third-order valence-corrected chi connectivity index (χ3v) is 3.92. The predicted octanol–water partition coefficient (Wildman–Crippen LogP) is 5.01. The first-order chi connectivity index (χ1) is 12.8. The summed E-state index contributed by atoms with van der Waals surface area (Å²) >= 11 is 0. The zero-order chi connectivity index (χ0) is 18.2. The van der Waals surface area contributed by atoms with Crippen LogP contribution in [0.2, 0.25) is 0 Å². The van der Waals surface area contributed by atoms with Crippen molar-refractivity contribution in [1.82, 2.24) is 9.97 Å². The van der Waals surface area contributed by atoms with Crippen molar-refractivity contribution in [2.75, 3.05) is 10.6 Å². The smallest absolute Gasteiger partial charge is 0.175 e. The molecule has 0 radical (unpaired) electrons. The highest BCUT2D eigenvalue weighted by atomic mass is 15.0. The molecule has 1 aliphatic heterocycles. The van der Waals surface area contributed by atoms with E-state index in [0.717, 1.165) is 35.4 Å². The van der Waals surface area contributed by atoms with E-state index in [0.29, 0.717) is 11.6 Å². The summed E-state index contributed by atoms with van der Waals surface area (Å²) in [4.78, 5) is 17.9. The molecule has 0 aliphatic carbocycles. The topological polar surface area (TPSA) is 74.6 Å². The molecule has 2 aromatic heterocycles. The molecule has 0 saturated carbocycles. The number of hydrogen-bond acceptors (Lipinski definition) is 6. The van der Waals surface area contributed by atoms with Crippen molar-refractivity contribution in [3.05, 3.63) is 60.2 Å². The van der Waals surface area contributed by atoms with E-state index in [2.05, 4.69) is 44.4 Å². The highest BCUT2D eigenvalue weighted by Crippen LogP contribution is 2.24. The largest absolute Gasteiger partial charge is 0.358 e. The Bertz CT molecular complexity index is 806. The molecule has 0 aromatic carbocycles. The van der Waals surface area contributed by atoms with Crippen molar-refractivity contribution in [3.8, 4) is 0 Å². The van der Waals surface area contributed by atoms with E-state index in [1.807, 2.05) is 49.1 Å². The van der Waals surface area contributed by atoms with E-state index in [-0.39, 0.29) is 0 Å². The van der Waals surface area contributed by atoms with Crippen molar-refractivity contribution >= 4 is 35.4 Å². The van der Waals surface area contributed by atoms with Crippen LogP contribution in [0.3, 0.4) is 0 Å². The molecular weight excluding hydrogens is 324 g/mol. The molecule has 0 amide bonds. The van der Waals surface area contributed by atoms with E-state index < -0.39 is 0 Å². The van der Waals surface area contributed by atoms with Crippen LogP contribution < -0.4 is 10.6 Å². The third-order valence-electron chi connectivity index (χ3n) is 3.92. The minimum atomic E-state index is 0.645. The summed E-state index contributed by atoms with van der Waals surface area (Å²) < 4.78 is 0. The first-order valence-electron chi connectivity index (χ1n) is 8.69. The van der Waals surface area contributed by atoms with Crippen LogP contribution in [0.5, 0.6) is 0 Å². The van der Waals surface area contributed by atoms with Gasteiger partial charge in [-0.05, 0) is 48.3 Å². The van der Waals surface area contributed by atoms with Crippen molar-refractivity contribution in [1.29, 1.82) is 0 Å². The van der Waals surface area contributed by atoms with Gasteiger partial charge in [-0.25, -0.2) is 15.0 Å². The monoisotopic (exact) mass is 346 g/mol. The lowest BCUT2D eigenvalue weighted by molar-refractivity contribution is 1.16. The normalized spacial score (nSPS) is 19.3. The molecule has 26 heavy (non-hydrogen) atoms. The van der Waals surface area contributed by atoms with Gasteiger partial charge in [0.05, 0.1) is 5.69 Å². The highest BCUT2D eigenvalue weighted by Gasteiger charge is 2.03. The minimum absolute atomic E-state index is 0.645.